The molecule has 1 N–H and O–H groups in total. The molecule has 1 aliphatic carbocycles. The van der Waals surface area contributed by atoms with E-state index in [1.165, 1.54) is 0 Å². The molecule has 2 heterocycles. The molecule has 3 aliphatic rings. The molecular formula is C19H21Cl2N3O3. The van der Waals surface area contributed by atoms with E-state index >= 15 is 0 Å². The number of hydrogen-bond donors (Lipinski definition) is 1. The van der Waals surface area contributed by atoms with Crippen LogP contribution < -0.4 is 5.32 Å². The summed E-state index contributed by atoms with van der Waals surface area (Å²) in [5, 5.41) is 3.67. The first-order valence-corrected chi connectivity index (χ1v) is 10.0. The van der Waals surface area contributed by atoms with Gasteiger partial charge in [-0.3, -0.25) is 14.4 Å². The third-order valence-electron chi connectivity index (χ3n) is 5.46. The van der Waals surface area contributed by atoms with Crippen LogP contribution in [0.25, 0.3) is 0 Å². The van der Waals surface area contributed by atoms with E-state index in [9.17, 15) is 14.4 Å². The van der Waals surface area contributed by atoms with Gasteiger partial charge < -0.3 is 15.1 Å². The topological polar surface area (TPSA) is 69.7 Å². The van der Waals surface area contributed by atoms with Crippen LogP contribution in [0, 0.1) is 5.92 Å². The molecule has 27 heavy (non-hydrogen) atoms. The smallest absolute Gasteiger partial charge is 0.247 e. The first kappa shape index (κ1) is 18.6. The zero-order valence-corrected chi connectivity index (χ0v) is 16.3. The van der Waals surface area contributed by atoms with E-state index in [2.05, 4.69) is 5.32 Å². The number of anilines is 1. The van der Waals surface area contributed by atoms with Crippen molar-refractivity contribution in [3.8, 4) is 0 Å². The number of amides is 3. The van der Waals surface area contributed by atoms with Crippen molar-refractivity contribution in [2.75, 3.05) is 18.4 Å². The number of rotatable bonds is 4. The van der Waals surface area contributed by atoms with Crippen molar-refractivity contribution in [2.45, 2.75) is 44.2 Å². The van der Waals surface area contributed by atoms with Crippen LogP contribution >= 0.6 is 23.2 Å². The Morgan fingerprint density at radius 2 is 1.78 bits per heavy atom. The molecular weight excluding hydrogens is 389 g/mol. The van der Waals surface area contributed by atoms with Gasteiger partial charge in [0.05, 0.1) is 5.92 Å². The zero-order chi connectivity index (χ0) is 19.1. The number of likely N-dealkylation sites (tertiary alicyclic amines) is 2. The van der Waals surface area contributed by atoms with Crippen LogP contribution in [-0.2, 0) is 14.4 Å². The molecule has 0 spiro atoms. The fourth-order valence-corrected chi connectivity index (χ4v) is 4.55. The molecule has 1 aromatic carbocycles. The molecule has 1 aromatic rings. The molecule has 1 saturated carbocycles. The van der Waals surface area contributed by atoms with Crippen LogP contribution in [0.5, 0.6) is 0 Å². The lowest BCUT2D eigenvalue weighted by molar-refractivity contribution is -0.140. The molecule has 8 heteroatoms. The molecule has 2 atom stereocenters. The van der Waals surface area contributed by atoms with Gasteiger partial charge in [-0.2, -0.15) is 0 Å². The number of hydrogen-bond acceptors (Lipinski definition) is 3. The standard InChI is InChI=1S/C19H21Cl2N3O3/c20-12-7-13(21)9-14(8-12)22-18(26)16-2-1-5-23(16)19(27)11-6-17(25)24(10-11)15-3-4-15/h7-9,11,15-16H,1-6,10H2,(H,22,26)/t11-,16+/m1/s1. The fourth-order valence-electron chi connectivity index (χ4n) is 4.03. The molecule has 4 rings (SSSR count). The minimum Gasteiger partial charge on any atom is -0.339 e. The summed E-state index contributed by atoms with van der Waals surface area (Å²) in [7, 11) is 0. The van der Waals surface area contributed by atoms with Gasteiger partial charge in [-0.1, -0.05) is 23.2 Å². The Morgan fingerprint density at radius 3 is 2.44 bits per heavy atom. The summed E-state index contributed by atoms with van der Waals surface area (Å²) in [5.41, 5.74) is 0.507. The van der Waals surface area contributed by atoms with E-state index in [-0.39, 0.29) is 30.1 Å². The average Bonchev–Trinajstić information content (AvgIpc) is 3.18. The van der Waals surface area contributed by atoms with Crippen LogP contribution in [0.3, 0.4) is 0 Å². The zero-order valence-electron chi connectivity index (χ0n) is 14.8. The van der Waals surface area contributed by atoms with E-state index in [1.54, 1.807) is 23.1 Å². The quantitative estimate of drug-likeness (QED) is 0.830. The number of benzene rings is 1. The van der Waals surface area contributed by atoms with Crippen LogP contribution in [0.15, 0.2) is 18.2 Å². The number of nitrogens with one attached hydrogen (secondary N) is 1. The molecule has 6 nitrogen and oxygen atoms in total. The molecule has 3 fully saturated rings. The molecule has 3 amide bonds. The summed E-state index contributed by atoms with van der Waals surface area (Å²) in [6, 6.07) is 4.62. The molecule has 0 aromatic heterocycles. The molecule has 144 valence electrons. The van der Waals surface area contributed by atoms with Crippen molar-refractivity contribution in [1.82, 2.24) is 9.80 Å². The Kier molecular flexibility index (Phi) is 5.03. The van der Waals surface area contributed by atoms with Gasteiger partial charge in [-0.25, -0.2) is 0 Å². The van der Waals surface area contributed by atoms with Gasteiger partial charge in [0, 0.05) is 41.3 Å². The van der Waals surface area contributed by atoms with E-state index in [4.69, 9.17) is 23.2 Å². The van der Waals surface area contributed by atoms with Crippen LogP contribution in [0.4, 0.5) is 5.69 Å². The first-order valence-electron chi connectivity index (χ1n) is 9.29. The minimum absolute atomic E-state index is 0.0598. The maximum Gasteiger partial charge on any atom is 0.247 e. The van der Waals surface area contributed by atoms with Crippen molar-refractivity contribution in [3.05, 3.63) is 28.2 Å². The summed E-state index contributed by atoms with van der Waals surface area (Å²) >= 11 is 12.0. The van der Waals surface area contributed by atoms with Crippen molar-refractivity contribution in [2.24, 2.45) is 5.92 Å². The van der Waals surface area contributed by atoms with Crippen LogP contribution in [-0.4, -0.2) is 52.7 Å². The number of carbonyl (C=O) groups excluding carboxylic acids is 3. The third kappa shape index (κ3) is 3.92. The molecule has 2 aliphatic heterocycles. The summed E-state index contributed by atoms with van der Waals surface area (Å²) in [5.74, 6) is -0.618. The maximum absolute atomic E-state index is 13.0. The summed E-state index contributed by atoms with van der Waals surface area (Å²) in [6.45, 7) is 1.03. The van der Waals surface area contributed by atoms with Crippen molar-refractivity contribution in [1.29, 1.82) is 0 Å². The predicted octanol–water partition coefficient (Wildman–Crippen LogP) is 2.93. The van der Waals surface area contributed by atoms with E-state index in [0.717, 1.165) is 19.3 Å². The van der Waals surface area contributed by atoms with Gasteiger partial charge in [0.25, 0.3) is 0 Å². The van der Waals surface area contributed by atoms with E-state index in [1.807, 2.05) is 4.90 Å². The number of halogens is 2. The summed E-state index contributed by atoms with van der Waals surface area (Å²) in [4.78, 5) is 41.4. The van der Waals surface area contributed by atoms with Crippen molar-refractivity contribution in [3.63, 3.8) is 0 Å². The predicted molar refractivity (Wildman–Crippen MR) is 103 cm³/mol. The van der Waals surface area contributed by atoms with Crippen molar-refractivity contribution < 1.29 is 14.4 Å². The van der Waals surface area contributed by atoms with Gasteiger partial charge in [0.1, 0.15) is 6.04 Å². The lowest BCUT2D eigenvalue weighted by atomic mass is 10.1. The lowest BCUT2D eigenvalue weighted by Gasteiger charge is -2.26. The second kappa shape index (κ2) is 7.32. The third-order valence-corrected chi connectivity index (χ3v) is 5.90. The Labute approximate surface area is 167 Å². The highest BCUT2D eigenvalue weighted by atomic mass is 35.5. The highest BCUT2D eigenvalue weighted by Crippen LogP contribution is 2.34. The first-order chi connectivity index (χ1) is 12.9. The fraction of sp³-hybridized carbons (Fsp3) is 0.526. The second-order valence-electron chi connectivity index (χ2n) is 7.52. The summed E-state index contributed by atoms with van der Waals surface area (Å²) in [6.07, 6.45) is 3.70. The Balaban J connectivity index is 1.43. The monoisotopic (exact) mass is 409 g/mol. The van der Waals surface area contributed by atoms with Gasteiger partial charge in [-0.15, -0.1) is 0 Å². The number of carbonyl (C=O) groups is 3. The van der Waals surface area contributed by atoms with Crippen molar-refractivity contribution >= 4 is 46.6 Å². The average molecular weight is 410 g/mol. The maximum atomic E-state index is 13.0. The molecule has 0 bridgehead atoms. The Hall–Kier alpha value is -1.79. The highest BCUT2D eigenvalue weighted by molar-refractivity contribution is 6.35. The van der Waals surface area contributed by atoms with Gasteiger partial charge in [0.2, 0.25) is 17.7 Å². The van der Waals surface area contributed by atoms with Gasteiger partial charge >= 0.3 is 0 Å². The van der Waals surface area contributed by atoms with Gasteiger partial charge in [-0.05, 0) is 43.9 Å². The minimum atomic E-state index is -0.527. The second-order valence-corrected chi connectivity index (χ2v) is 8.39. The Bertz CT molecular complexity index is 776. The summed E-state index contributed by atoms with van der Waals surface area (Å²) < 4.78 is 0. The largest absolute Gasteiger partial charge is 0.339 e. The highest BCUT2D eigenvalue weighted by Gasteiger charge is 2.45. The normalized spacial score (nSPS) is 25.2. The molecule has 2 saturated heterocycles. The van der Waals surface area contributed by atoms with Crippen LogP contribution in [0.2, 0.25) is 10.0 Å². The Morgan fingerprint density at radius 1 is 1.07 bits per heavy atom. The van der Waals surface area contributed by atoms with Crippen LogP contribution in [0.1, 0.15) is 32.1 Å². The molecule has 0 radical (unpaired) electrons. The van der Waals surface area contributed by atoms with Gasteiger partial charge in [0.15, 0.2) is 0 Å². The van der Waals surface area contributed by atoms with E-state index in [0.29, 0.717) is 41.3 Å². The van der Waals surface area contributed by atoms with E-state index < -0.39 is 6.04 Å². The SMILES string of the molecule is O=C(Nc1cc(Cl)cc(Cl)c1)[C@@H]1CCCN1C(=O)[C@@H]1CC(=O)N(C2CC2)C1. The lowest BCUT2D eigenvalue weighted by Crippen LogP contribution is -2.46. The number of nitrogens with zero attached hydrogens (tertiary/aromatic N) is 2. The molecule has 0 unspecified atom stereocenters.